The number of ether oxygens (including phenoxy) is 2. The minimum Gasteiger partial charge on any atom is -0.348 e. The maximum atomic E-state index is 13.0. The number of amides is 1. The summed E-state index contributed by atoms with van der Waals surface area (Å²) in [6.45, 7) is 5.54. The van der Waals surface area contributed by atoms with Gasteiger partial charge >= 0.3 is 0 Å². The third-order valence-corrected chi connectivity index (χ3v) is 5.39. The Morgan fingerprint density at radius 1 is 1.38 bits per heavy atom. The van der Waals surface area contributed by atoms with E-state index in [9.17, 15) is 9.59 Å². The van der Waals surface area contributed by atoms with Crippen LogP contribution < -0.4 is 4.90 Å². The van der Waals surface area contributed by atoms with E-state index >= 15 is 0 Å². The predicted molar refractivity (Wildman–Crippen MR) is 88.6 cm³/mol. The standard InChI is InChI=1S/C19H19NO4/c1-4-10-18-13-7-5-6-8-14(13)20-16(22)12(2)24-19(23-3,17(18)20)11-9-15(18)21/h4-9,11-12,17H,1,10H2,2-3H3/t12-,17-,18-,19+/m1/s1. The largest absolute Gasteiger partial charge is 0.348 e. The molecule has 2 heterocycles. The third-order valence-electron chi connectivity index (χ3n) is 5.39. The van der Waals surface area contributed by atoms with Gasteiger partial charge < -0.3 is 9.47 Å². The van der Waals surface area contributed by atoms with E-state index in [0.29, 0.717) is 6.42 Å². The van der Waals surface area contributed by atoms with Gasteiger partial charge in [0.15, 0.2) is 5.78 Å². The summed E-state index contributed by atoms with van der Waals surface area (Å²) in [6, 6.07) is 6.97. The van der Waals surface area contributed by atoms with Crippen molar-refractivity contribution in [1.82, 2.24) is 0 Å². The molecule has 4 rings (SSSR count). The smallest absolute Gasteiger partial charge is 0.256 e. The SMILES string of the molecule is C=CC[C@]12C(=O)C=C[C@]3(OC)O[C@H](C)C(=O)N(c4ccccc41)[C@@H]32. The van der Waals surface area contributed by atoms with Crippen LogP contribution >= 0.6 is 0 Å². The molecule has 0 bridgehead atoms. The lowest BCUT2D eigenvalue weighted by Gasteiger charge is -2.52. The Morgan fingerprint density at radius 3 is 2.83 bits per heavy atom. The van der Waals surface area contributed by atoms with Crippen LogP contribution in [0.1, 0.15) is 18.9 Å². The molecule has 5 nitrogen and oxygen atoms in total. The van der Waals surface area contributed by atoms with Crippen LogP contribution in [0.15, 0.2) is 49.1 Å². The zero-order chi connectivity index (χ0) is 17.1. The van der Waals surface area contributed by atoms with Crippen LogP contribution in [0, 0.1) is 0 Å². The Morgan fingerprint density at radius 2 is 2.12 bits per heavy atom. The van der Waals surface area contributed by atoms with Gasteiger partial charge in [0.05, 0.1) is 5.41 Å². The van der Waals surface area contributed by atoms with E-state index < -0.39 is 23.3 Å². The van der Waals surface area contributed by atoms with E-state index in [4.69, 9.17) is 9.47 Å². The Bertz CT molecular complexity index is 785. The van der Waals surface area contributed by atoms with Crippen molar-refractivity contribution in [3.8, 4) is 0 Å². The molecule has 1 saturated heterocycles. The van der Waals surface area contributed by atoms with E-state index in [1.54, 1.807) is 31.1 Å². The average Bonchev–Trinajstić information content (AvgIpc) is 2.90. The summed E-state index contributed by atoms with van der Waals surface area (Å²) in [6.07, 6.45) is 4.63. The second-order valence-electron chi connectivity index (χ2n) is 6.48. The van der Waals surface area contributed by atoms with Crippen molar-refractivity contribution in [1.29, 1.82) is 0 Å². The van der Waals surface area contributed by atoms with Crippen molar-refractivity contribution in [3.05, 3.63) is 54.6 Å². The Balaban J connectivity index is 2.08. The van der Waals surface area contributed by atoms with Crippen molar-refractivity contribution in [2.24, 2.45) is 0 Å². The van der Waals surface area contributed by atoms with Gasteiger partial charge in [-0.25, -0.2) is 0 Å². The lowest BCUT2D eigenvalue weighted by atomic mass is 9.65. The molecule has 1 aliphatic carbocycles. The van der Waals surface area contributed by atoms with Crippen molar-refractivity contribution in [3.63, 3.8) is 0 Å². The van der Waals surface area contributed by atoms with Crippen LogP contribution in [0.4, 0.5) is 5.69 Å². The molecule has 0 unspecified atom stereocenters. The van der Waals surface area contributed by atoms with Gasteiger partial charge in [0, 0.05) is 12.8 Å². The van der Waals surface area contributed by atoms with Gasteiger partial charge in [0.2, 0.25) is 5.79 Å². The highest BCUT2D eigenvalue weighted by Gasteiger charge is 2.68. The summed E-state index contributed by atoms with van der Waals surface area (Å²) in [5.74, 6) is -1.36. The number of anilines is 1. The number of morpholine rings is 1. The van der Waals surface area contributed by atoms with Gasteiger partial charge in [0.1, 0.15) is 12.1 Å². The van der Waals surface area contributed by atoms with E-state index in [-0.39, 0.29) is 11.7 Å². The summed E-state index contributed by atoms with van der Waals surface area (Å²) in [5, 5.41) is 0. The highest BCUT2D eigenvalue weighted by Crippen LogP contribution is 2.56. The van der Waals surface area contributed by atoms with Crippen LogP contribution in [0.5, 0.6) is 0 Å². The number of fused-ring (bicyclic) bond motifs is 3. The lowest BCUT2D eigenvalue weighted by molar-refractivity contribution is -0.243. The van der Waals surface area contributed by atoms with Crippen LogP contribution in [0.25, 0.3) is 0 Å². The first-order valence-electron chi connectivity index (χ1n) is 8.02. The molecule has 5 heteroatoms. The average molecular weight is 325 g/mol. The zero-order valence-electron chi connectivity index (χ0n) is 13.7. The molecular weight excluding hydrogens is 306 g/mol. The molecule has 3 aliphatic rings. The van der Waals surface area contributed by atoms with Crippen LogP contribution in [-0.4, -0.2) is 36.7 Å². The maximum absolute atomic E-state index is 13.0. The Hall–Kier alpha value is -2.24. The number of carbonyl (C=O) groups is 2. The molecule has 0 saturated carbocycles. The molecule has 2 aliphatic heterocycles. The minimum atomic E-state index is -1.15. The quantitative estimate of drug-likeness (QED) is 0.799. The topological polar surface area (TPSA) is 55.8 Å². The van der Waals surface area contributed by atoms with E-state index in [2.05, 4.69) is 6.58 Å². The first-order chi connectivity index (χ1) is 11.5. The summed E-state index contributed by atoms with van der Waals surface area (Å²) in [4.78, 5) is 27.6. The van der Waals surface area contributed by atoms with Crippen LogP contribution in [-0.2, 0) is 24.5 Å². The second-order valence-corrected chi connectivity index (χ2v) is 6.48. The molecule has 4 atom stereocenters. The molecule has 1 fully saturated rings. The molecule has 24 heavy (non-hydrogen) atoms. The van der Waals surface area contributed by atoms with Crippen molar-refractivity contribution in [2.45, 2.75) is 36.7 Å². The summed E-state index contributed by atoms with van der Waals surface area (Å²) < 4.78 is 11.7. The Kier molecular flexibility index (Phi) is 3.11. The van der Waals surface area contributed by atoms with Gasteiger partial charge in [0.25, 0.3) is 5.91 Å². The number of benzene rings is 1. The highest BCUT2D eigenvalue weighted by atomic mass is 16.7. The number of carbonyl (C=O) groups excluding carboxylic acids is 2. The summed E-state index contributed by atoms with van der Waals surface area (Å²) >= 11 is 0. The number of methoxy groups -OCH3 is 1. The Labute approximate surface area is 140 Å². The highest BCUT2D eigenvalue weighted by molar-refractivity contribution is 6.10. The second kappa shape index (κ2) is 4.88. The molecule has 0 aromatic heterocycles. The first kappa shape index (κ1) is 15.3. The number of ketones is 1. The molecule has 1 amide bonds. The van der Waals surface area contributed by atoms with E-state index in [1.807, 2.05) is 24.3 Å². The fraction of sp³-hybridized carbons (Fsp3) is 0.368. The van der Waals surface area contributed by atoms with Crippen molar-refractivity contribution >= 4 is 17.4 Å². The van der Waals surface area contributed by atoms with Gasteiger partial charge in [-0.15, -0.1) is 6.58 Å². The van der Waals surface area contributed by atoms with Crippen LogP contribution in [0.2, 0.25) is 0 Å². The fourth-order valence-electron chi connectivity index (χ4n) is 4.44. The molecule has 0 N–H and O–H groups in total. The van der Waals surface area contributed by atoms with Gasteiger partial charge in [-0.1, -0.05) is 24.3 Å². The molecule has 1 aromatic rings. The van der Waals surface area contributed by atoms with Gasteiger partial charge in [-0.2, -0.15) is 0 Å². The number of allylic oxidation sites excluding steroid dienone is 2. The minimum absolute atomic E-state index is 0.0546. The number of hydrogen-bond acceptors (Lipinski definition) is 4. The summed E-state index contributed by atoms with van der Waals surface area (Å²) in [5.41, 5.74) is 0.651. The third kappa shape index (κ3) is 1.56. The normalized spacial score (nSPS) is 36.5. The van der Waals surface area contributed by atoms with E-state index in [1.165, 1.54) is 6.08 Å². The van der Waals surface area contributed by atoms with E-state index in [0.717, 1.165) is 11.3 Å². The predicted octanol–water partition coefficient (Wildman–Crippen LogP) is 2.12. The molecular formula is C19H19NO4. The van der Waals surface area contributed by atoms with Crippen LogP contribution in [0.3, 0.4) is 0 Å². The van der Waals surface area contributed by atoms with Crippen molar-refractivity contribution in [2.75, 3.05) is 12.0 Å². The molecule has 124 valence electrons. The maximum Gasteiger partial charge on any atom is 0.256 e. The number of nitrogens with zero attached hydrogens (tertiary/aromatic N) is 1. The van der Waals surface area contributed by atoms with Gasteiger partial charge in [-0.3, -0.25) is 14.5 Å². The number of hydrogen-bond donors (Lipinski definition) is 0. The first-order valence-corrected chi connectivity index (χ1v) is 8.02. The number of para-hydroxylation sites is 1. The fourth-order valence-corrected chi connectivity index (χ4v) is 4.44. The monoisotopic (exact) mass is 325 g/mol. The molecule has 0 spiro atoms. The lowest BCUT2D eigenvalue weighted by Crippen LogP contribution is -2.71. The molecule has 0 radical (unpaired) electrons. The number of rotatable bonds is 3. The van der Waals surface area contributed by atoms with Gasteiger partial charge in [-0.05, 0) is 37.1 Å². The summed E-state index contributed by atoms with van der Waals surface area (Å²) in [7, 11) is 1.54. The molecule has 1 aromatic carbocycles. The van der Waals surface area contributed by atoms with Crippen molar-refractivity contribution < 1.29 is 19.1 Å². The zero-order valence-corrected chi connectivity index (χ0v) is 13.7.